The number of hydrogen-bond donors (Lipinski definition) is 2. The monoisotopic (exact) mass is 424 g/mol. The Morgan fingerprint density at radius 1 is 0.968 bits per heavy atom. The van der Waals surface area contributed by atoms with E-state index >= 15 is 0 Å². The number of ether oxygens (including phenoxy) is 4. The van der Waals surface area contributed by atoms with E-state index in [0.29, 0.717) is 33.9 Å². The van der Waals surface area contributed by atoms with Crippen LogP contribution in [0.1, 0.15) is 33.3 Å². The topological polar surface area (TPSA) is 113 Å². The fraction of sp³-hybridized carbons (Fsp3) is 0.217. The molecule has 1 aromatic heterocycles. The van der Waals surface area contributed by atoms with Crippen LogP contribution in [0.15, 0.2) is 42.5 Å². The van der Waals surface area contributed by atoms with Crippen LogP contribution in [0.5, 0.6) is 17.2 Å². The number of anilines is 1. The molecular formula is C23H24N2O6. The fourth-order valence-electron chi connectivity index (χ4n) is 3.35. The average molecular weight is 424 g/mol. The lowest BCUT2D eigenvalue weighted by Crippen LogP contribution is -2.09. The predicted octanol–water partition coefficient (Wildman–Crippen LogP) is 3.70. The lowest BCUT2D eigenvalue weighted by atomic mass is 9.96. The van der Waals surface area contributed by atoms with Gasteiger partial charge in [-0.15, -0.1) is 0 Å². The average Bonchev–Trinajstić information content (AvgIpc) is 3.15. The van der Waals surface area contributed by atoms with Crippen molar-refractivity contribution >= 4 is 17.6 Å². The Labute approximate surface area is 179 Å². The van der Waals surface area contributed by atoms with Gasteiger partial charge in [-0.3, -0.25) is 4.79 Å². The molecule has 0 fully saturated rings. The fourth-order valence-corrected chi connectivity index (χ4v) is 3.35. The van der Waals surface area contributed by atoms with Gasteiger partial charge >= 0.3 is 5.97 Å². The summed E-state index contributed by atoms with van der Waals surface area (Å²) >= 11 is 0. The summed E-state index contributed by atoms with van der Waals surface area (Å²) in [7, 11) is 4.45. The molecule has 0 spiro atoms. The van der Waals surface area contributed by atoms with Gasteiger partial charge in [0.25, 0.3) is 0 Å². The molecule has 1 heterocycles. The minimum Gasteiger partial charge on any atom is -0.493 e. The number of ketones is 1. The minimum absolute atomic E-state index is 0.0292. The first-order chi connectivity index (χ1) is 15.0. The molecule has 0 amide bonds. The highest BCUT2D eigenvalue weighted by molar-refractivity contribution is 6.16. The largest absolute Gasteiger partial charge is 0.493 e. The molecule has 8 nitrogen and oxygen atoms in total. The zero-order valence-electron chi connectivity index (χ0n) is 17.8. The normalized spacial score (nSPS) is 10.5. The van der Waals surface area contributed by atoms with Crippen molar-refractivity contribution in [2.24, 2.45) is 0 Å². The van der Waals surface area contributed by atoms with E-state index in [-0.39, 0.29) is 29.5 Å². The number of carbonyl (C=O) groups is 2. The van der Waals surface area contributed by atoms with Crippen molar-refractivity contribution in [3.63, 3.8) is 0 Å². The van der Waals surface area contributed by atoms with Gasteiger partial charge in [-0.1, -0.05) is 30.3 Å². The van der Waals surface area contributed by atoms with Crippen molar-refractivity contribution in [1.29, 1.82) is 0 Å². The maximum absolute atomic E-state index is 13.3. The van der Waals surface area contributed by atoms with Crippen LogP contribution in [0, 0.1) is 0 Å². The molecule has 0 aliphatic rings. The molecule has 8 heteroatoms. The number of aromatic amines is 1. The Morgan fingerprint density at radius 3 is 2.10 bits per heavy atom. The Kier molecular flexibility index (Phi) is 6.49. The molecular weight excluding hydrogens is 400 g/mol. The number of methoxy groups -OCH3 is 3. The number of carbonyl (C=O) groups excluding carboxylic acids is 2. The van der Waals surface area contributed by atoms with Gasteiger partial charge in [0.1, 0.15) is 11.4 Å². The maximum atomic E-state index is 13.3. The van der Waals surface area contributed by atoms with Crippen LogP contribution >= 0.6 is 0 Å². The standard InChI is InChI=1S/C23H24N2O6/c1-5-31-23(27)18-17(14-11-15(28-2)21(30-4)16(12-14)29-3)19(25-22(18)24)20(26)13-9-7-6-8-10-13/h6-12,25H,5,24H2,1-4H3. The molecule has 31 heavy (non-hydrogen) atoms. The second-order valence-corrected chi connectivity index (χ2v) is 6.49. The third kappa shape index (κ3) is 4.05. The molecule has 0 bridgehead atoms. The van der Waals surface area contributed by atoms with Gasteiger partial charge in [-0.05, 0) is 24.6 Å². The smallest absolute Gasteiger partial charge is 0.342 e. The summed E-state index contributed by atoms with van der Waals surface area (Å²) in [5, 5.41) is 0. The van der Waals surface area contributed by atoms with Crippen molar-refractivity contribution < 1.29 is 28.5 Å². The Hall–Kier alpha value is -3.94. The zero-order chi connectivity index (χ0) is 22.5. The molecule has 0 saturated heterocycles. The number of nitrogens with two attached hydrogens (primary N) is 1. The summed E-state index contributed by atoms with van der Waals surface area (Å²) < 4.78 is 21.4. The van der Waals surface area contributed by atoms with E-state index in [2.05, 4.69) is 4.98 Å². The third-order valence-corrected chi connectivity index (χ3v) is 4.73. The van der Waals surface area contributed by atoms with Gasteiger partial charge < -0.3 is 29.7 Å². The van der Waals surface area contributed by atoms with Crippen molar-refractivity contribution in [3.8, 4) is 28.4 Å². The first-order valence-corrected chi connectivity index (χ1v) is 9.55. The summed E-state index contributed by atoms with van der Waals surface area (Å²) in [4.78, 5) is 28.9. The molecule has 0 radical (unpaired) electrons. The van der Waals surface area contributed by atoms with Gasteiger partial charge in [0.2, 0.25) is 11.5 Å². The van der Waals surface area contributed by atoms with Crippen LogP contribution in [0.3, 0.4) is 0 Å². The van der Waals surface area contributed by atoms with E-state index in [9.17, 15) is 9.59 Å². The van der Waals surface area contributed by atoms with E-state index < -0.39 is 5.97 Å². The van der Waals surface area contributed by atoms with Crippen LogP contribution in [-0.4, -0.2) is 44.7 Å². The molecule has 3 rings (SSSR count). The van der Waals surface area contributed by atoms with Gasteiger partial charge in [0, 0.05) is 11.1 Å². The molecule has 3 aromatic rings. The van der Waals surface area contributed by atoms with Crippen LogP contribution in [0.4, 0.5) is 5.82 Å². The summed E-state index contributed by atoms with van der Waals surface area (Å²) in [5.74, 6) is 0.167. The number of nitrogen functional groups attached to an aromatic ring is 1. The van der Waals surface area contributed by atoms with E-state index in [1.54, 1.807) is 43.3 Å². The molecule has 162 valence electrons. The SMILES string of the molecule is CCOC(=O)c1c(N)[nH]c(C(=O)c2ccccc2)c1-c1cc(OC)c(OC)c(OC)c1. The summed E-state index contributed by atoms with van der Waals surface area (Å²) in [6.07, 6.45) is 0. The van der Waals surface area contributed by atoms with Gasteiger partial charge in [0.05, 0.1) is 33.6 Å². The van der Waals surface area contributed by atoms with Crippen molar-refractivity contribution in [2.45, 2.75) is 6.92 Å². The summed E-state index contributed by atoms with van der Waals surface area (Å²) in [6, 6.07) is 12.0. The van der Waals surface area contributed by atoms with E-state index in [1.807, 2.05) is 6.07 Å². The van der Waals surface area contributed by atoms with Gasteiger partial charge in [-0.25, -0.2) is 4.79 Å². The van der Waals surface area contributed by atoms with Crippen LogP contribution in [0.2, 0.25) is 0 Å². The lowest BCUT2D eigenvalue weighted by Gasteiger charge is -2.15. The van der Waals surface area contributed by atoms with Crippen molar-refractivity contribution in [2.75, 3.05) is 33.7 Å². The van der Waals surface area contributed by atoms with Gasteiger partial charge in [-0.2, -0.15) is 0 Å². The van der Waals surface area contributed by atoms with Crippen LogP contribution in [0.25, 0.3) is 11.1 Å². The van der Waals surface area contributed by atoms with Gasteiger partial charge in [0.15, 0.2) is 11.5 Å². The quantitative estimate of drug-likeness (QED) is 0.419. The maximum Gasteiger partial charge on any atom is 0.342 e. The number of hydrogen-bond acceptors (Lipinski definition) is 7. The van der Waals surface area contributed by atoms with Crippen LogP contribution in [-0.2, 0) is 4.74 Å². The summed E-state index contributed by atoms with van der Waals surface area (Å²) in [6.45, 7) is 1.84. The molecule has 0 saturated carbocycles. The highest BCUT2D eigenvalue weighted by Crippen LogP contribution is 2.44. The number of aromatic nitrogens is 1. The number of esters is 1. The molecule has 0 aliphatic carbocycles. The Bertz CT molecular complexity index is 1080. The second-order valence-electron chi connectivity index (χ2n) is 6.49. The Balaban J connectivity index is 2.32. The summed E-state index contributed by atoms with van der Waals surface area (Å²) in [5.41, 5.74) is 7.56. The minimum atomic E-state index is -0.646. The number of H-pyrrole nitrogens is 1. The molecule has 3 N–H and O–H groups in total. The number of nitrogens with one attached hydrogen (secondary N) is 1. The Morgan fingerprint density at radius 2 is 1.58 bits per heavy atom. The van der Waals surface area contributed by atoms with Crippen molar-refractivity contribution in [1.82, 2.24) is 4.98 Å². The molecule has 2 aromatic carbocycles. The van der Waals surface area contributed by atoms with E-state index in [4.69, 9.17) is 24.7 Å². The highest BCUT2D eigenvalue weighted by atomic mass is 16.5. The second kappa shape index (κ2) is 9.25. The predicted molar refractivity (Wildman–Crippen MR) is 116 cm³/mol. The number of benzene rings is 2. The highest BCUT2D eigenvalue weighted by Gasteiger charge is 2.29. The molecule has 0 atom stereocenters. The third-order valence-electron chi connectivity index (χ3n) is 4.73. The zero-order valence-corrected chi connectivity index (χ0v) is 17.8. The lowest BCUT2D eigenvalue weighted by molar-refractivity contribution is 0.0528. The van der Waals surface area contributed by atoms with E-state index in [1.165, 1.54) is 21.3 Å². The number of rotatable bonds is 8. The first-order valence-electron chi connectivity index (χ1n) is 9.55. The van der Waals surface area contributed by atoms with Crippen molar-refractivity contribution in [3.05, 3.63) is 59.3 Å². The van der Waals surface area contributed by atoms with Crippen LogP contribution < -0.4 is 19.9 Å². The molecule has 0 aliphatic heterocycles. The van der Waals surface area contributed by atoms with E-state index in [0.717, 1.165) is 0 Å². The first kappa shape index (κ1) is 21.8. The molecule has 0 unspecified atom stereocenters.